The molecular weight excluding hydrogens is 378 g/mol. The second-order valence-corrected chi connectivity index (χ2v) is 7.15. The number of fused-ring (bicyclic) bond motifs is 1. The fourth-order valence-electron chi connectivity index (χ4n) is 3.37. The molecule has 1 saturated heterocycles. The number of carbonyl (C=O) groups is 2. The molecule has 1 aromatic carbocycles. The van der Waals surface area contributed by atoms with Gasteiger partial charge in [-0.15, -0.1) is 0 Å². The molecule has 1 aliphatic heterocycles. The summed E-state index contributed by atoms with van der Waals surface area (Å²) in [5, 5.41) is 3.29. The molecule has 0 atom stereocenters. The molecule has 0 unspecified atom stereocenters. The molecule has 28 heavy (non-hydrogen) atoms. The van der Waals surface area contributed by atoms with Crippen LogP contribution >= 0.6 is 11.6 Å². The molecule has 1 fully saturated rings. The average molecular weight is 398 g/mol. The Labute approximate surface area is 167 Å². The number of likely N-dealkylation sites (tertiary alicyclic amines) is 1. The number of rotatable bonds is 6. The SMILES string of the molecule is O=C(NCCCN1CCCC1=O)c1ccc(-c2ncc3cnc(Cl)cn23)cc1. The summed E-state index contributed by atoms with van der Waals surface area (Å²) in [6.07, 6.45) is 7.44. The lowest BCUT2D eigenvalue weighted by Crippen LogP contribution is -2.30. The van der Waals surface area contributed by atoms with Crippen molar-refractivity contribution >= 4 is 28.9 Å². The minimum Gasteiger partial charge on any atom is -0.352 e. The number of carbonyl (C=O) groups excluding carboxylic acids is 2. The number of aromatic nitrogens is 3. The summed E-state index contributed by atoms with van der Waals surface area (Å²) in [7, 11) is 0. The molecule has 3 aromatic rings. The molecule has 8 heteroatoms. The van der Waals surface area contributed by atoms with Crippen LogP contribution in [0.3, 0.4) is 0 Å². The van der Waals surface area contributed by atoms with Crippen LogP contribution in [0.2, 0.25) is 5.15 Å². The lowest BCUT2D eigenvalue weighted by atomic mass is 10.1. The van der Waals surface area contributed by atoms with Crippen LogP contribution in [0.15, 0.2) is 42.9 Å². The molecule has 2 amide bonds. The van der Waals surface area contributed by atoms with E-state index in [1.165, 1.54) is 0 Å². The average Bonchev–Trinajstić information content (AvgIpc) is 3.31. The number of amides is 2. The van der Waals surface area contributed by atoms with Crippen molar-refractivity contribution in [3.8, 4) is 11.4 Å². The van der Waals surface area contributed by atoms with Crippen LogP contribution in [-0.4, -0.2) is 50.7 Å². The van der Waals surface area contributed by atoms with E-state index in [4.69, 9.17) is 11.6 Å². The predicted octanol–water partition coefficient (Wildman–Crippen LogP) is 2.79. The third-order valence-electron chi connectivity index (χ3n) is 4.85. The van der Waals surface area contributed by atoms with Gasteiger partial charge in [-0.1, -0.05) is 23.7 Å². The first-order chi connectivity index (χ1) is 13.6. The zero-order valence-electron chi connectivity index (χ0n) is 15.3. The van der Waals surface area contributed by atoms with E-state index < -0.39 is 0 Å². The first kappa shape index (κ1) is 18.4. The molecule has 2 aromatic heterocycles. The van der Waals surface area contributed by atoms with Crippen molar-refractivity contribution in [2.24, 2.45) is 0 Å². The Hall–Kier alpha value is -2.93. The van der Waals surface area contributed by atoms with Crippen LogP contribution in [0.1, 0.15) is 29.6 Å². The number of imidazole rings is 1. The predicted molar refractivity (Wildman–Crippen MR) is 106 cm³/mol. The van der Waals surface area contributed by atoms with E-state index in [1.54, 1.807) is 30.7 Å². The summed E-state index contributed by atoms with van der Waals surface area (Å²) in [4.78, 5) is 34.2. The molecule has 0 aliphatic carbocycles. The second-order valence-electron chi connectivity index (χ2n) is 6.76. The quantitative estimate of drug-likeness (QED) is 0.648. The van der Waals surface area contributed by atoms with Crippen molar-refractivity contribution in [1.82, 2.24) is 24.6 Å². The third kappa shape index (κ3) is 3.84. The lowest BCUT2D eigenvalue weighted by Gasteiger charge is -2.15. The second kappa shape index (κ2) is 7.98. The molecule has 7 nitrogen and oxygen atoms in total. The number of benzene rings is 1. The number of halogens is 1. The van der Waals surface area contributed by atoms with Gasteiger partial charge in [-0.05, 0) is 25.0 Å². The summed E-state index contributed by atoms with van der Waals surface area (Å²) in [5.41, 5.74) is 2.31. The highest BCUT2D eigenvalue weighted by Gasteiger charge is 2.19. The van der Waals surface area contributed by atoms with Gasteiger partial charge in [0.15, 0.2) is 0 Å². The van der Waals surface area contributed by atoms with Gasteiger partial charge in [0, 0.05) is 43.4 Å². The fourth-order valence-corrected chi connectivity index (χ4v) is 3.52. The van der Waals surface area contributed by atoms with Crippen LogP contribution in [0.5, 0.6) is 0 Å². The standard InChI is InChI=1S/C20H20ClN5O2/c21-17-13-26-16(11-23-17)12-24-19(26)14-4-6-15(7-5-14)20(28)22-8-2-10-25-9-1-3-18(25)27/h4-7,11-13H,1-3,8-10H2,(H,22,28). The largest absolute Gasteiger partial charge is 0.352 e. The Balaban J connectivity index is 1.36. The highest BCUT2D eigenvalue weighted by Crippen LogP contribution is 2.21. The van der Waals surface area contributed by atoms with Gasteiger partial charge in [0.1, 0.15) is 11.0 Å². The van der Waals surface area contributed by atoms with Gasteiger partial charge in [-0.25, -0.2) is 9.97 Å². The van der Waals surface area contributed by atoms with Gasteiger partial charge in [0.05, 0.1) is 17.9 Å². The molecule has 144 valence electrons. The van der Waals surface area contributed by atoms with Crippen molar-refractivity contribution in [3.05, 3.63) is 53.6 Å². The normalized spacial score (nSPS) is 14.0. The maximum Gasteiger partial charge on any atom is 0.251 e. The third-order valence-corrected chi connectivity index (χ3v) is 5.04. The van der Waals surface area contributed by atoms with Gasteiger partial charge in [0.25, 0.3) is 5.91 Å². The Kier molecular flexibility index (Phi) is 5.25. The Morgan fingerprint density at radius 3 is 2.71 bits per heavy atom. The zero-order valence-corrected chi connectivity index (χ0v) is 16.0. The van der Waals surface area contributed by atoms with Gasteiger partial charge >= 0.3 is 0 Å². The van der Waals surface area contributed by atoms with Crippen LogP contribution < -0.4 is 5.32 Å². The molecule has 4 rings (SSSR count). The molecule has 1 N–H and O–H groups in total. The zero-order chi connectivity index (χ0) is 19.5. The van der Waals surface area contributed by atoms with E-state index in [9.17, 15) is 9.59 Å². The van der Waals surface area contributed by atoms with Gasteiger partial charge in [0.2, 0.25) is 5.91 Å². The monoisotopic (exact) mass is 397 g/mol. The summed E-state index contributed by atoms with van der Waals surface area (Å²) in [6.45, 7) is 2.07. The van der Waals surface area contributed by atoms with E-state index in [1.807, 2.05) is 21.4 Å². The summed E-state index contributed by atoms with van der Waals surface area (Å²) < 4.78 is 1.87. The molecule has 0 radical (unpaired) electrons. The van der Waals surface area contributed by atoms with Crippen molar-refractivity contribution < 1.29 is 9.59 Å². The van der Waals surface area contributed by atoms with Crippen molar-refractivity contribution in [3.63, 3.8) is 0 Å². The minimum absolute atomic E-state index is 0.125. The lowest BCUT2D eigenvalue weighted by molar-refractivity contribution is -0.127. The Morgan fingerprint density at radius 1 is 1.18 bits per heavy atom. The number of hydrogen-bond donors (Lipinski definition) is 1. The number of nitrogens with one attached hydrogen (secondary N) is 1. The number of hydrogen-bond acceptors (Lipinski definition) is 4. The topological polar surface area (TPSA) is 79.6 Å². The van der Waals surface area contributed by atoms with E-state index in [0.717, 1.165) is 36.3 Å². The van der Waals surface area contributed by atoms with Crippen LogP contribution in [0, 0.1) is 0 Å². The van der Waals surface area contributed by atoms with E-state index in [-0.39, 0.29) is 11.8 Å². The smallest absolute Gasteiger partial charge is 0.251 e. The van der Waals surface area contributed by atoms with E-state index >= 15 is 0 Å². The van der Waals surface area contributed by atoms with Crippen LogP contribution in [0.25, 0.3) is 16.9 Å². The fraction of sp³-hybridized carbons (Fsp3) is 0.300. The molecule has 0 spiro atoms. The maximum absolute atomic E-state index is 12.3. The molecular formula is C20H20ClN5O2. The van der Waals surface area contributed by atoms with Crippen LogP contribution in [0.4, 0.5) is 0 Å². The van der Waals surface area contributed by atoms with Crippen LogP contribution in [-0.2, 0) is 4.79 Å². The highest BCUT2D eigenvalue weighted by atomic mass is 35.5. The van der Waals surface area contributed by atoms with Crippen molar-refractivity contribution in [2.75, 3.05) is 19.6 Å². The van der Waals surface area contributed by atoms with Gasteiger partial charge < -0.3 is 10.2 Å². The van der Waals surface area contributed by atoms with Gasteiger partial charge in [-0.3, -0.25) is 14.0 Å². The first-order valence-electron chi connectivity index (χ1n) is 9.27. The number of nitrogens with zero attached hydrogens (tertiary/aromatic N) is 4. The van der Waals surface area contributed by atoms with Crippen molar-refractivity contribution in [2.45, 2.75) is 19.3 Å². The highest BCUT2D eigenvalue weighted by molar-refractivity contribution is 6.29. The Bertz CT molecular complexity index is 1020. The summed E-state index contributed by atoms with van der Waals surface area (Å²) >= 11 is 5.98. The molecule has 0 saturated carbocycles. The van der Waals surface area contributed by atoms with Gasteiger partial charge in [-0.2, -0.15) is 0 Å². The minimum atomic E-state index is -0.125. The molecule has 0 bridgehead atoms. The maximum atomic E-state index is 12.3. The molecule has 3 heterocycles. The first-order valence-corrected chi connectivity index (χ1v) is 9.64. The Morgan fingerprint density at radius 2 is 1.96 bits per heavy atom. The van der Waals surface area contributed by atoms with E-state index in [0.29, 0.717) is 30.2 Å². The van der Waals surface area contributed by atoms with Crippen molar-refractivity contribution in [1.29, 1.82) is 0 Å². The summed E-state index contributed by atoms with van der Waals surface area (Å²) in [5.74, 6) is 0.826. The summed E-state index contributed by atoms with van der Waals surface area (Å²) in [6, 6.07) is 7.28. The van der Waals surface area contributed by atoms with E-state index in [2.05, 4.69) is 15.3 Å². The molecule has 1 aliphatic rings.